The van der Waals surface area contributed by atoms with Crippen molar-refractivity contribution >= 4 is 38.6 Å². The van der Waals surface area contributed by atoms with E-state index in [9.17, 15) is 9.59 Å². The molecule has 28 heavy (non-hydrogen) atoms. The second-order valence-electron chi connectivity index (χ2n) is 6.17. The summed E-state index contributed by atoms with van der Waals surface area (Å²) in [4.78, 5) is 28.9. The Morgan fingerprint density at radius 3 is 2.57 bits per heavy atom. The van der Waals surface area contributed by atoms with E-state index in [1.807, 2.05) is 54.6 Å². The predicted molar refractivity (Wildman–Crippen MR) is 110 cm³/mol. The van der Waals surface area contributed by atoms with Crippen LogP contribution in [0.25, 0.3) is 10.9 Å². The van der Waals surface area contributed by atoms with E-state index >= 15 is 0 Å². The van der Waals surface area contributed by atoms with Gasteiger partial charge in [-0.1, -0.05) is 52.3 Å². The van der Waals surface area contributed by atoms with E-state index in [0.29, 0.717) is 24.5 Å². The zero-order valence-electron chi connectivity index (χ0n) is 15.5. The van der Waals surface area contributed by atoms with Gasteiger partial charge < -0.3 is 9.47 Å². The van der Waals surface area contributed by atoms with Gasteiger partial charge in [-0.3, -0.25) is 9.59 Å². The Labute approximate surface area is 171 Å². The molecular weight excluding hydrogens is 422 g/mol. The number of ether oxygens (including phenoxy) is 2. The molecule has 6 heteroatoms. The number of Topliss-reactive ketones (excluding diaryl/α,β-unsaturated/α-hetero) is 1. The molecule has 1 heterocycles. The summed E-state index contributed by atoms with van der Waals surface area (Å²) < 4.78 is 11.7. The van der Waals surface area contributed by atoms with Crippen molar-refractivity contribution in [3.8, 4) is 5.75 Å². The molecule has 0 N–H and O–H groups in total. The number of esters is 1. The number of halogens is 1. The molecule has 0 spiro atoms. The summed E-state index contributed by atoms with van der Waals surface area (Å²) in [7, 11) is 0. The molecule has 0 radical (unpaired) electrons. The minimum absolute atomic E-state index is 0.0169. The molecule has 1 aromatic heterocycles. The van der Waals surface area contributed by atoms with Crippen molar-refractivity contribution in [3.05, 3.63) is 70.3 Å². The number of fused-ring (bicyclic) bond motifs is 1. The van der Waals surface area contributed by atoms with Gasteiger partial charge in [-0.25, -0.2) is 4.98 Å². The van der Waals surface area contributed by atoms with Crippen molar-refractivity contribution in [3.63, 3.8) is 0 Å². The molecule has 5 nitrogen and oxygen atoms in total. The number of hydrogen-bond acceptors (Lipinski definition) is 5. The Balaban J connectivity index is 1.88. The van der Waals surface area contributed by atoms with E-state index in [1.54, 1.807) is 6.92 Å². The molecule has 2 aromatic carbocycles. The van der Waals surface area contributed by atoms with Crippen molar-refractivity contribution in [2.45, 2.75) is 26.4 Å². The third kappa shape index (κ3) is 5.16. The molecule has 0 bridgehead atoms. The van der Waals surface area contributed by atoms with Gasteiger partial charge in [-0.15, -0.1) is 0 Å². The number of ketones is 1. The van der Waals surface area contributed by atoms with Crippen LogP contribution in [0.2, 0.25) is 0 Å². The van der Waals surface area contributed by atoms with E-state index in [4.69, 9.17) is 9.47 Å². The largest absolute Gasteiger partial charge is 0.486 e. The van der Waals surface area contributed by atoms with Crippen molar-refractivity contribution in [2.75, 3.05) is 6.61 Å². The van der Waals surface area contributed by atoms with Gasteiger partial charge in [0.15, 0.2) is 5.78 Å². The van der Waals surface area contributed by atoms with Crippen LogP contribution in [0.5, 0.6) is 5.75 Å². The van der Waals surface area contributed by atoms with E-state index in [-0.39, 0.29) is 24.3 Å². The lowest BCUT2D eigenvalue weighted by Crippen LogP contribution is -2.11. The Kier molecular flexibility index (Phi) is 6.76. The van der Waals surface area contributed by atoms with Crippen molar-refractivity contribution in [1.29, 1.82) is 0 Å². The summed E-state index contributed by atoms with van der Waals surface area (Å²) in [6.07, 6.45) is 0.0377. The minimum Gasteiger partial charge on any atom is -0.486 e. The highest BCUT2D eigenvalue weighted by Gasteiger charge is 2.18. The highest BCUT2D eigenvalue weighted by molar-refractivity contribution is 9.10. The fourth-order valence-electron chi connectivity index (χ4n) is 2.73. The van der Waals surface area contributed by atoms with E-state index in [0.717, 1.165) is 15.4 Å². The molecule has 3 rings (SSSR count). The fourth-order valence-corrected chi connectivity index (χ4v) is 3.08. The van der Waals surface area contributed by atoms with E-state index in [1.165, 1.54) is 0 Å². The summed E-state index contributed by atoms with van der Waals surface area (Å²) >= 11 is 3.42. The molecule has 144 valence electrons. The van der Waals surface area contributed by atoms with Crippen LogP contribution in [0, 0.1) is 0 Å². The summed E-state index contributed by atoms with van der Waals surface area (Å²) in [6, 6.07) is 17.2. The first-order valence-corrected chi connectivity index (χ1v) is 9.82. The minimum atomic E-state index is -0.397. The first-order valence-electron chi connectivity index (χ1n) is 9.02. The van der Waals surface area contributed by atoms with Gasteiger partial charge in [0.25, 0.3) is 0 Å². The molecule has 0 aliphatic carbocycles. The highest BCUT2D eigenvalue weighted by Crippen LogP contribution is 2.27. The van der Waals surface area contributed by atoms with Crippen molar-refractivity contribution in [2.24, 2.45) is 0 Å². The van der Waals surface area contributed by atoms with Crippen molar-refractivity contribution in [1.82, 2.24) is 4.98 Å². The number of carbonyl (C=O) groups excluding carboxylic acids is 2. The van der Waals surface area contributed by atoms with Crippen LogP contribution in [0.3, 0.4) is 0 Å². The zero-order chi connectivity index (χ0) is 19.9. The maximum atomic E-state index is 12.8. The number of aromatic nitrogens is 1. The summed E-state index contributed by atoms with van der Waals surface area (Å²) in [5.41, 5.74) is 1.90. The second-order valence-corrected chi connectivity index (χ2v) is 7.09. The first kappa shape index (κ1) is 20.0. The molecule has 0 aliphatic rings. The topological polar surface area (TPSA) is 65.5 Å². The Morgan fingerprint density at radius 2 is 1.82 bits per heavy atom. The quantitative estimate of drug-likeness (QED) is 0.359. The van der Waals surface area contributed by atoms with E-state index in [2.05, 4.69) is 20.9 Å². The molecule has 0 amide bonds. The second kappa shape index (κ2) is 9.46. The molecule has 0 unspecified atom stereocenters. The summed E-state index contributed by atoms with van der Waals surface area (Å²) in [5, 5.41) is 0.869. The molecular formula is C22H20BrNO4. The summed E-state index contributed by atoms with van der Waals surface area (Å²) in [5.74, 6) is -0.239. The van der Waals surface area contributed by atoms with Crippen LogP contribution in [0.1, 0.15) is 35.8 Å². The standard InChI is InChI=1S/C22H20BrNO4/c1-2-27-21(26)11-10-19(25)22-20(28-14-15-6-4-3-5-7-15)12-16-8-9-17(23)13-18(16)24-22/h3-9,12-13H,2,10-11,14H2,1H3. The molecule has 0 fully saturated rings. The number of nitrogens with zero attached hydrogens (tertiary/aromatic N) is 1. The zero-order valence-corrected chi connectivity index (χ0v) is 17.1. The molecule has 0 saturated carbocycles. The maximum Gasteiger partial charge on any atom is 0.306 e. The van der Waals surface area contributed by atoms with Gasteiger partial charge in [0.05, 0.1) is 18.5 Å². The van der Waals surface area contributed by atoms with Gasteiger partial charge in [0.2, 0.25) is 0 Å². The smallest absolute Gasteiger partial charge is 0.306 e. The molecule has 0 saturated heterocycles. The summed E-state index contributed by atoms with van der Waals surface area (Å²) in [6.45, 7) is 2.35. The van der Waals surface area contributed by atoms with Crippen LogP contribution in [0.4, 0.5) is 0 Å². The Morgan fingerprint density at radius 1 is 1.04 bits per heavy atom. The lowest BCUT2D eigenvalue weighted by molar-refractivity contribution is -0.143. The maximum absolute atomic E-state index is 12.8. The van der Waals surface area contributed by atoms with Gasteiger partial charge in [0.1, 0.15) is 18.1 Å². The highest BCUT2D eigenvalue weighted by atomic mass is 79.9. The average Bonchev–Trinajstić information content (AvgIpc) is 2.71. The SMILES string of the molecule is CCOC(=O)CCC(=O)c1nc2cc(Br)ccc2cc1OCc1ccccc1. The third-order valence-electron chi connectivity index (χ3n) is 4.11. The number of benzene rings is 2. The number of rotatable bonds is 8. The van der Waals surface area contributed by atoms with Gasteiger partial charge in [0, 0.05) is 16.3 Å². The van der Waals surface area contributed by atoms with Gasteiger partial charge in [-0.05, 0) is 30.7 Å². The molecule has 0 aliphatic heterocycles. The lowest BCUT2D eigenvalue weighted by Gasteiger charge is -2.12. The Hall–Kier alpha value is -2.73. The third-order valence-corrected chi connectivity index (χ3v) is 4.60. The van der Waals surface area contributed by atoms with Crippen LogP contribution in [-0.2, 0) is 16.1 Å². The van der Waals surface area contributed by atoms with E-state index < -0.39 is 5.97 Å². The lowest BCUT2D eigenvalue weighted by atomic mass is 10.1. The van der Waals surface area contributed by atoms with Crippen LogP contribution < -0.4 is 4.74 Å². The normalized spacial score (nSPS) is 10.6. The monoisotopic (exact) mass is 441 g/mol. The van der Waals surface area contributed by atoms with Crippen molar-refractivity contribution < 1.29 is 19.1 Å². The van der Waals surface area contributed by atoms with Crippen LogP contribution in [0.15, 0.2) is 59.1 Å². The molecule has 0 atom stereocenters. The average molecular weight is 442 g/mol. The number of pyridine rings is 1. The fraction of sp³-hybridized carbons (Fsp3) is 0.227. The van der Waals surface area contributed by atoms with Crippen LogP contribution in [-0.4, -0.2) is 23.3 Å². The molecule has 3 aromatic rings. The predicted octanol–water partition coefficient (Wildman–Crippen LogP) is 5.10. The number of hydrogen-bond donors (Lipinski definition) is 0. The van der Waals surface area contributed by atoms with Crippen LogP contribution >= 0.6 is 15.9 Å². The first-order chi connectivity index (χ1) is 13.6. The number of carbonyl (C=O) groups is 2. The van der Waals surface area contributed by atoms with Gasteiger partial charge in [-0.2, -0.15) is 0 Å². The Bertz CT molecular complexity index is 988. The van der Waals surface area contributed by atoms with Gasteiger partial charge >= 0.3 is 5.97 Å².